The Hall–Kier alpha value is -0.0600. The Morgan fingerprint density at radius 3 is 2.27 bits per heavy atom. The molecule has 1 rings (SSSR count). The molecule has 0 spiro atoms. The summed E-state index contributed by atoms with van der Waals surface area (Å²) in [5.74, 6) is 0. The third kappa shape index (κ3) is 4.13. The van der Waals surface area contributed by atoms with Gasteiger partial charge >= 0.3 is 5.51 Å². The van der Waals surface area contributed by atoms with Gasteiger partial charge in [-0.25, -0.2) is 0 Å². The van der Waals surface area contributed by atoms with Crippen LogP contribution in [0.25, 0.3) is 0 Å². The highest BCUT2D eigenvalue weighted by molar-refractivity contribution is 8.00. The third-order valence-electron chi connectivity index (χ3n) is 1.72. The molecule has 1 unspecified atom stereocenters. The van der Waals surface area contributed by atoms with E-state index >= 15 is 0 Å². The van der Waals surface area contributed by atoms with E-state index in [1.54, 1.807) is 0 Å². The molecule has 1 aromatic rings. The Balaban J connectivity index is 2.83. The maximum absolute atomic E-state index is 12.1. The number of halogens is 5. The zero-order valence-corrected chi connectivity index (χ0v) is 9.94. The molecule has 0 heterocycles. The van der Waals surface area contributed by atoms with Gasteiger partial charge < -0.3 is 0 Å². The Labute approximate surface area is 99.8 Å². The van der Waals surface area contributed by atoms with Gasteiger partial charge in [-0.1, -0.05) is 29.3 Å². The van der Waals surface area contributed by atoms with Crippen LogP contribution in [0.1, 0.15) is 17.7 Å². The van der Waals surface area contributed by atoms with E-state index in [1.165, 1.54) is 25.1 Å². The fourth-order valence-corrected chi connectivity index (χ4v) is 2.02. The second-order valence-electron chi connectivity index (χ2n) is 2.88. The largest absolute Gasteiger partial charge is 0.442 e. The molecule has 0 aliphatic rings. The number of thioether (sulfide) groups is 1. The first-order valence-corrected chi connectivity index (χ1v) is 5.62. The fourth-order valence-electron chi connectivity index (χ4n) is 1.03. The average molecular weight is 275 g/mol. The van der Waals surface area contributed by atoms with Crippen LogP contribution in [0.5, 0.6) is 0 Å². The number of rotatable bonds is 2. The highest BCUT2D eigenvalue weighted by Gasteiger charge is 2.31. The van der Waals surface area contributed by atoms with Crippen molar-refractivity contribution in [2.75, 3.05) is 0 Å². The summed E-state index contributed by atoms with van der Waals surface area (Å²) in [4.78, 5) is 0. The predicted molar refractivity (Wildman–Crippen MR) is 58.5 cm³/mol. The molecule has 0 amide bonds. The monoisotopic (exact) mass is 274 g/mol. The van der Waals surface area contributed by atoms with Gasteiger partial charge in [0, 0.05) is 5.25 Å². The number of hydrogen-bond donors (Lipinski definition) is 0. The van der Waals surface area contributed by atoms with Gasteiger partial charge in [0.15, 0.2) is 0 Å². The molecule has 0 aliphatic heterocycles. The minimum absolute atomic E-state index is 0.0773. The van der Waals surface area contributed by atoms with Crippen LogP contribution in [0.3, 0.4) is 0 Å². The van der Waals surface area contributed by atoms with Crippen LogP contribution in [0.15, 0.2) is 18.2 Å². The maximum atomic E-state index is 12.1. The van der Waals surface area contributed by atoms with Crippen molar-refractivity contribution in [2.24, 2.45) is 0 Å². The first kappa shape index (κ1) is 13.0. The molecular formula is C9H7Cl2F3S. The van der Waals surface area contributed by atoms with Crippen LogP contribution in [-0.4, -0.2) is 5.51 Å². The van der Waals surface area contributed by atoms with Gasteiger partial charge in [0.05, 0.1) is 10.0 Å². The van der Waals surface area contributed by atoms with Crippen LogP contribution in [0.2, 0.25) is 10.0 Å². The minimum Gasteiger partial charge on any atom is -0.160 e. The fraction of sp³-hybridized carbons (Fsp3) is 0.333. The molecule has 0 aliphatic carbocycles. The van der Waals surface area contributed by atoms with Gasteiger partial charge in [-0.3, -0.25) is 0 Å². The smallest absolute Gasteiger partial charge is 0.160 e. The second-order valence-corrected chi connectivity index (χ2v) is 5.10. The molecule has 0 nitrogen and oxygen atoms in total. The highest BCUT2D eigenvalue weighted by atomic mass is 35.5. The van der Waals surface area contributed by atoms with E-state index in [2.05, 4.69) is 0 Å². The summed E-state index contributed by atoms with van der Waals surface area (Å²) >= 11 is 11.3. The van der Waals surface area contributed by atoms with Crippen LogP contribution < -0.4 is 0 Å². The molecule has 1 aromatic carbocycles. The Kier molecular flexibility index (Phi) is 4.20. The van der Waals surface area contributed by atoms with Crippen LogP contribution in [0.4, 0.5) is 13.2 Å². The molecule has 0 fully saturated rings. The van der Waals surface area contributed by atoms with E-state index in [1.807, 2.05) is 0 Å². The average Bonchev–Trinajstić information content (AvgIpc) is 2.06. The molecule has 0 bridgehead atoms. The summed E-state index contributed by atoms with van der Waals surface area (Å²) in [6.45, 7) is 1.47. The van der Waals surface area contributed by atoms with Gasteiger partial charge in [-0.15, -0.1) is 0 Å². The van der Waals surface area contributed by atoms with Crippen molar-refractivity contribution in [3.05, 3.63) is 33.8 Å². The van der Waals surface area contributed by atoms with Gasteiger partial charge in [-0.2, -0.15) is 13.2 Å². The lowest BCUT2D eigenvalue weighted by Gasteiger charge is -2.14. The Bertz CT molecular complexity index is 352. The Morgan fingerprint density at radius 1 is 1.20 bits per heavy atom. The SMILES string of the molecule is CC(SC(F)(F)F)c1ccc(Cl)c(Cl)c1. The van der Waals surface area contributed by atoms with Crippen molar-refractivity contribution < 1.29 is 13.2 Å². The standard InChI is InChI=1S/C9H7Cl2F3S/c1-5(15-9(12,13)14)6-2-3-7(10)8(11)4-6/h2-5H,1H3. The molecule has 15 heavy (non-hydrogen) atoms. The van der Waals surface area contributed by atoms with Crippen molar-refractivity contribution in [1.29, 1.82) is 0 Å². The zero-order chi connectivity index (χ0) is 11.6. The molecule has 6 heteroatoms. The molecule has 0 radical (unpaired) electrons. The highest BCUT2D eigenvalue weighted by Crippen LogP contribution is 2.42. The first-order valence-electron chi connectivity index (χ1n) is 3.99. The summed E-state index contributed by atoms with van der Waals surface area (Å²) in [6.07, 6.45) is 0. The quantitative estimate of drug-likeness (QED) is 0.705. The van der Waals surface area contributed by atoms with Gasteiger partial charge in [0.25, 0.3) is 0 Å². The lowest BCUT2D eigenvalue weighted by molar-refractivity contribution is -0.0333. The molecular weight excluding hydrogens is 268 g/mol. The minimum atomic E-state index is -4.24. The third-order valence-corrected chi connectivity index (χ3v) is 3.36. The molecule has 1 atom stereocenters. The molecule has 0 aromatic heterocycles. The molecule has 0 saturated carbocycles. The van der Waals surface area contributed by atoms with Crippen molar-refractivity contribution >= 4 is 35.0 Å². The Morgan fingerprint density at radius 2 is 1.80 bits per heavy atom. The van der Waals surface area contributed by atoms with E-state index in [9.17, 15) is 13.2 Å². The van der Waals surface area contributed by atoms with E-state index in [0.29, 0.717) is 10.6 Å². The van der Waals surface area contributed by atoms with Crippen molar-refractivity contribution in [3.8, 4) is 0 Å². The van der Waals surface area contributed by atoms with E-state index in [4.69, 9.17) is 23.2 Å². The summed E-state index contributed by atoms with van der Waals surface area (Å²) in [5, 5.41) is -0.0896. The van der Waals surface area contributed by atoms with Crippen molar-refractivity contribution in [3.63, 3.8) is 0 Å². The summed E-state index contributed by atoms with van der Waals surface area (Å²) in [5.41, 5.74) is -3.74. The van der Waals surface area contributed by atoms with E-state index < -0.39 is 10.8 Å². The van der Waals surface area contributed by atoms with Gasteiger partial charge in [0.2, 0.25) is 0 Å². The van der Waals surface area contributed by atoms with Gasteiger partial charge in [-0.05, 0) is 36.4 Å². The number of hydrogen-bond acceptors (Lipinski definition) is 1. The molecule has 0 saturated heterocycles. The number of benzene rings is 1. The molecule has 84 valence electrons. The maximum Gasteiger partial charge on any atom is 0.442 e. The van der Waals surface area contributed by atoms with Crippen molar-refractivity contribution in [1.82, 2.24) is 0 Å². The zero-order valence-electron chi connectivity index (χ0n) is 7.61. The number of alkyl halides is 3. The molecule has 0 N–H and O–H groups in total. The topological polar surface area (TPSA) is 0 Å². The van der Waals surface area contributed by atoms with Crippen molar-refractivity contribution in [2.45, 2.75) is 17.7 Å². The van der Waals surface area contributed by atoms with Crippen LogP contribution in [-0.2, 0) is 0 Å². The van der Waals surface area contributed by atoms with Crippen LogP contribution in [0, 0.1) is 0 Å². The lowest BCUT2D eigenvalue weighted by Crippen LogP contribution is -2.03. The first-order chi connectivity index (χ1) is 6.79. The van der Waals surface area contributed by atoms with Gasteiger partial charge in [0.1, 0.15) is 0 Å². The van der Waals surface area contributed by atoms with E-state index in [0.717, 1.165) is 0 Å². The lowest BCUT2D eigenvalue weighted by atomic mass is 10.2. The predicted octanol–water partition coefficient (Wildman–Crippen LogP) is 5.31. The second kappa shape index (κ2) is 4.85. The normalized spacial score (nSPS) is 14.0. The summed E-state index contributed by atoms with van der Waals surface area (Å²) in [6, 6.07) is 4.48. The van der Waals surface area contributed by atoms with E-state index in [-0.39, 0.29) is 16.8 Å². The van der Waals surface area contributed by atoms with Crippen LogP contribution >= 0.6 is 35.0 Å². The summed E-state index contributed by atoms with van der Waals surface area (Å²) < 4.78 is 36.2. The summed E-state index contributed by atoms with van der Waals surface area (Å²) in [7, 11) is 0.